The maximum Gasteiger partial charge on any atom is 0.387 e. The number of carbonyl (C=O) groups is 1. The van der Waals surface area contributed by atoms with Crippen molar-refractivity contribution in [1.29, 1.82) is 0 Å². The summed E-state index contributed by atoms with van der Waals surface area (Å²) >= 11 is 0. The molecule has 1 aromatic rings. The fraction of sp³-hybridized carbons (Fsp3) is 0.462. The lowest BCUT2D eigenvalue weighted by molar-refractivity contribution is -0.121. The molecule has 4 nitrogen and oxygen atoms in total. The van der Waals surface area contributed by atoms with E-state index in [1.807, 2.05) is 11.9 Å². The van der Waals surface area contributed by atoms with Crippen LogP contribution in [0.2, 0.25) is 0 Å². The molecule has 2 atom stereocenters. The number of hydrogen-bond acceptors (Lipinski definition) is 3. The molecule has 0 saturated carbocycles. The molecule has 0 spiro atoms. The number of likely N-dealkylation sites (tertiary alicyclic amines) is 1. The van der Waals surface area contributed by atoms with Gasteiger partial charge in [0.15, 0.2) is 0 Å². The van der Waals surface area contributed by atoms with Gasteiger partial charge in [-0.15, -0.1) is 0 Å². The van der Waals surface area contributed by atoms with Crippen LogP contribution >= 0.6 is 0 Å². The quantitative estimate of drug-likeness (QED) is 0.903. The zero-order valence-electron chi connectivity index (χ0n) is 10.6. The first-order valence-corrected chi connectivity index (χ1v) is 6.01. The minimum atomic E-state index is -2.82. The third kappa shape index (κ3) is 3.20. The van der Waals surface area contributed by atoms with Crippen LogP contribution in [0.1, 0.15) is 17.9 Å². The molecule has 2 rings (SSSR count). The lowest BCUT2D eigenvalue weighted by atomic mass is 9.96. The highest BCUT2D eigenvalue weighted by Crippen LogP contribution is 2.31. The Kier molecular flexibility index (Phi) is 3.99. The van der Waals surface area contributed by atoms with Crippen molar-refractivity contribution in [3.05, 3.63) is 29.8 Å². The number of ether oxygens (including phenoxy) is 1. The van der Waals surface area contributed by atoms with Crippen LogP contribution in [0.4, 0.5) is 8.78 Å². The van der Waals surface area contributed by atoms with Crippen LogP contribution in [0.15, 0.2) is 24.3 Å². The second-order valence-corrected chi connectivity index (χ2v) is 4.74. The number of halogens is 2. The molecule has 1 aliphatic rings. The van der Waals surface area contributed by atoms with Crippen molar-refractivity contribution in [1.82, 2.24) is 4.90 Å². The predicted octanol–water partition coefficient (Wildman–Crippen LogP) is 1.56. The lowest BCUT2D eigenvalue weighted by Gasteiger charge is -2.14. The smallest absolute Gasteiger partial charge is 0.387 e. The fourth-order valence-electron chi connectivity index (χ4n) is 2.50. The minimum Gasteiger partial charge on any atom is -0.435 e. The normalized spacial score (nSPS) is 23.8. The monoisotopic (exact) mass is 270 g/mol. The molecule has 0 aromatic heterocycles. The summed E-state index contributed by atoms with van der Waals surface area (Å²) in [4.78, 5) is 13.2. The highest BCUT2D eigenvalue weighted by atomic mass is 19.3. The largest absolute Gasteiger partial charge is 0.435 e. The van der Waals surface area contributed by atoms with Crippen molar-refractivity contribution in [2.24, 2.45) is 5.73 Å². The average Bonchev–Trinajstić information content (AvgIpc) is 2.71. The topological polar surface area (TPSA) is 55.6 Å². The summed E-state index contributed by atoms with van der Waals surface area (Å²) in [6, 6.07) is 6.26. The van der Waals surface area contributed by atoms with Crippen molar-refractivity contribution in [3.63, 3.8) is 0 Å². The zero-order valence-corrected chi connectivity index (χ0v) is 10.6. The van der Waals surface area contributed by atoms with Crippen LogP contribution in [0.25, 0.3) is 0 Å². The molecule has 1 aromatic carbocycles. The Morgan fingerprint density at radius 1 is 1.42 bits per heavy atom. The van der Waals surface area contributed by atoms with E-state index in [0.717, 1.165) is 12.1 Å². The van der Waals surface area contributed by atoms with E-state index in [-0.39, 0.29) is 23.6 Å². The number of likely N-dealkylation sites (N-methyl/N-ethyl adjacent to an activating group) is 1. The van der Waals surface area contributed by atoms with Gasteiger partial charge in [-0.1, -0.05) is 12.1 Å². The number of benzene rings is 1. The van der Waals surface area contributed by atoms with Crippen LogP contribution in [0.5, 0.6) is 5.75 Å². The molecule has 1 amide bonds. The first kappa shape index (κ1) is 13.7. The standard InChI is InChI=1S/C13H16F2N2O2/c1-17-7-9(6-11(17)12(16)18)8-2-4-10(5-3-8)19-13(14)15/h2-5,9,11,13H,6-7H2,1H3,(H2,16,18). The summed E-state index contributed by atoms with van der Waals surface area (Å²) in [7, 11) is 1.85. The molecule has 2 N–H and O–H groups in total. The second-order valence-electron chi connectivity index (χ2n) is 4.74. The fourth-order valence-corrected chi connectivity index (χ4v) is 2.50. The van der Waals surface area contributed by atoms with Gasteiger partial charge in [0.25, 0.3) is 0 Å². The number of nitrogens with two attached hydrogens (primary N) is 1. The Balaban J connectivity index is 2.05. The van der Waals surface area contributed by atoms with Crippen molar-refractivity contribution >= 4 is 5.91 Å². The van der Waals surface area contributed by atoms with Gasteiger partial charge >= 0.3 is 6.61 Å². The Morgan fingerprint density at radius 2 is 2.05 bits per heavy atom. The molecule has 0 bridgehead atoms. The van der Waals surface area contributed by atoms with Gasteiger partial charge in [-0.3, -0.25) is 9.69 Å². The van der Waals surface area contributed by atoms with Crippen molar-refractivity contribution in [2.45, 2.75) is 25.0 Å². The molecular formula is C13H16F2N2O2. The molecular weight excluding hydrogens is 254 g/mol. The van der Waals surface area contributed by atoms with Gasteiger partial charge in [0.1, 0.15) is 5.75 Å². The summed E-state index contributed by atoms with van der Waals surface area (Å²) < 4.78 is 28.4. The summed E-state index contributed by atoms with van der Waals surface area (Å²) in [5.74, 6) is -0.0118. The molecule has 104 valence electrons. The Labute approximate surface area is 110 Å². The SMILES string of the molecule is CN1CC(c2ccc(OC(F)F)cc2)CC1C(N)=O. The number of amides is 1. The lowest BCUT2D eigenvalue weighted by Crippen LogP contribution is -2.37. The molecule has 0 aliphatic carbocycles. The van der Waals surface area contributed by atoms with Gasteiger partial charge in [0.05, 0.1) is 6.04 Å². The van der Waals surface area contributed by atoms with E-state index in [0.29, 0.717) is 6.42 Å². The summed E-state index contributed by atoms with van der Waals surface area (Å²) in [6.45, 7) is -2.09. The zero-order chi connectivity index (χ0) is 14.0. The van der Waals surface area contributed by atoms with Gasteiger partial charge in [0, 0.05) is 6.54 Å². The van der Waals surface area contributed by atoms with Gasteiger partial charge in [-0.2, -0.15) is 8.78 Å². The van der Waals surface area contributed by atoms with Gasteiger partial charge in [-0.05, 0) is 37.1 Å². The van der Waals surface area contributed by atoms with E-state index in [2.05, 4.69) is 4.74 Å². The Morgan fingerprint density at radius 3 is 2.53 bits per heavy atom. The van der Waals surface area contributed by atoms with Gasteiger partial charge in [0.2, 0.25) is 5.91 Å². The van der Waals surface area contributed by atoms with E-state index in [4.69, 9.17) is 5.73 Å². The molecule has 1 saturated heterocycles. The first-order valence-electron chi connectivity index (χ1n) is 6.01. The third-order valence-corrected chi connectivity index (χ3v) is 3.45. The maximum atomic E-state index is 12.0. The van der Waals surface area contributed by atoms with Crippen molar-refractivity contribution in [2.75, 3.05) is 13.6 Å². The van der Waals surface area contributed by atoms with E-state index in [1.165, 1.54) is 12.1 Å². The molecule has 1 heterocycles. The molecule has 19 heavy (non-hydrogen) atoms. The van der Waals surface area contributed by atoms with E-state index in [1.54, 1.807) is 12.1 Å². The van der Waals surface area contributed by atoms with Crippen LogP contribution in [-0.4, -0.2) is 37.1 Å². The number of primary amides is 1. The highest BCUT2D eigenvalue weighted by Gasteiger charge is 2.33. The van der Waals surface area contributed by atoms with Gasteiger partial charge < -0.3 is 10.5 Å². The van der Waals surface area contributed by atoms with Crippen LogP contribution in [0, 0.1) is 0 Å². The predicted molar refractivity (Wildman–Crippen MR) is 66.0 cm³/mol. The van der Waals surface area contributed by atoms with Crippen LogP contribution < -0.4 is 10.5 Å². The second kappa shape index (κ2) is 5.52. The number of carbonyl (C=O) groups excluding carboxylic acids is 1. The number of hydrogen-bond donors (Lipinski definition) is 1. The number of rotatable bonds is 4. The number of alkyl halides is 2. The molecule has 1 fully saturated rings. The van der Waals surface area contributed by atoms with E-state index >= 15 is 0 Å². The van der Waals surface area contributed by atoms with Crippen LogP contribution in [0.3, 0.4) is 0 Å². The number of nitrogens with zero attached hydrogens (tertiary/aromatic N) is 1. The average molecular weight is 270 g/mol. The van der Waals surface area contributed by atoms with Crippen LogP contribution in [-0.2, 0) is 4.79 Å². The Bertz CT molecular complexity index is 450. The summed E-state index contributed by atoms with van der Waals surface area (Å²) in [6.07, 6.45) is 0.654. The Hall–Kier alpha value is -1.69. The first-order chi connectivity index (χ1) is 8.97. The molecule has 1 aliphatic heterocycles. The molecule has 2 unspecified atom stereocenters. The highest BCUT2D eigenvalue weighted by molar-refractivity contribution is 5.80. The van der Waals surface area contributed by atoms with E-state index in [9.17, 15) is 13.6 Å². The summed E-state index contributed by atoms with van der Waals surface area (Å²) in [5.41, 5.74) is 6.32. The van der Waals surface area contributed by atoms with Gasteiger partial charge in [-0.25, -0.2) is 0 Å². The van der Waals surface area contributed by atoms with E-state index < -0.39 is 6.61 Å². The third-order valence-electron chi connectivity index (χ3n) is 3.45. The summed E-state index contributed by atoms with van der Waals surface area (Å²) in [5, 5.41) is 0. The molecule has 0 radical (unpaired) electrons. The minimum absolute atomic E-state index is 0.136. The van der Waals surface area contributed by atoms with Crippen molar-refractivity contribution in [3.8, 4) is 5.75 Å². The van der Waals surface area contributed by atoms with Crippen molar-refractivity contribution < 1.29 is 18.3 Å². The maximum absolute atomic E-state index is 12.0. The molecule has 6 heteroatoms.